The summed E-state index contributed by atoms with van der Waals surface area (Å²) in [4.78, 5) is 0. The molecule has 0 bridgehead atoms. The van der Waals surface area contributed by atoms with Gasteiger partial charge in [-0.3, -0.25) is 4.68 Å². The molecule has 0 radical (unpaired) electrons. The average molecular weight is 290 g/mol. The number of benzene rings is 1. The Balaban J connectivity index is 2.03. The minimum absolute atomic E-state index is 0.806. The van der Waals surface area contributed by atoms with E-state index in [1.165, 1.54) is 10.9 Å². The first-order valence-corrected chi connectivity index (χ1v) is 6.24. The molecule has 0 saturated heterocycles. The van der Waals surface area contributed by atoms with Crippen LogP contribution in [0.2, 0.25) is 0 Å². The summed E-state index contributed by atoms with van der Waals surface area (Å²) in [6.45, 7) is 0.806. The van der Waals surface area contributed by atoms with Crippen LogP contribution in [0.1, 0.15) is 5.69 Å². The van der Waals surface area contributed by atoms with Crippen LogP contribution < -0.4 is 0 Å². The maximum absolute atomic E-state index is 4.40. The standard InChI is InChI=1S/C13H12BrN3/c1-16-6-5-12(15-16)9-17-7-4-10-2-3-11(14)8-13(10)17/h2-8H,9H2,1H3. The Hall–Kier alpha value is -1.55. The van der Waals surface area contributed by atoms with E-state index in [2.05, 4.69) is 56.1 Å². The molecular formula is C13H12BrN3. The number of nitrogens with zero attached hydrogens (tertiary/aromatic N) is 3. The minimum atomic E-state index is 0.806. The highest BCUT2D eigenvalue weighted by Crippen LogP contribution is 2.21. The van der Waals surface area contributed by atoms with Gasteiger partial charge >= 0.3 is 0 Å². The van der Waals surface area contributed by atoms with Crippen LogP contribution in [0.5, 0.6) is 0 Å². The molecule has 0 unspecified atom stereocenters. The Morgan fingerprint density at radius 3 is 2.82 bits per heavy atom. The molecule has 4 heteroatoms. The maximum Gasteiger partial charge on any atom is 0.0821 e. The molecule has 0 atom stereocenters. The van der Waals surface area contributed by atoms with Gasteiger partial charge in [0.1, 0.15) is 0 Å². The fourth-order valence-electron chi connectivity index (χ4n) is 2.02. The van der Waals surface area contributed by atoms with Gasteiger partial charge in [-0.05, 0) is 29.7 Å². The van der Waals surface area contributed by atoms with Crippen molar-refractivity contribution in [3.8, 4) is 0 Å². The van der Waals surface area contributed by atoms with Crippen molar-refractivity contribution in [1.82, 2.24) is 14.3 Å². The van der Waals surface area contributed by atoms with Crippen molar-refractivity contribution in [2.75, 3.05) is 0 Å². The van der Waals surface area contributed by atoms with Crippen molar-refractivity contribution in [1.29, 1.82) is 0 Å². The molecule has 0 aliphatic carbocycles. The lowest BCUT2D eigenvalue weighted by Gasteiger charge is -2.03. The van der Waals surface area contributed by atoms with Crippen LogP contribution in [-0.2, 0) is 13.6 Å². The number of aryl methyl sites for hydroxylation is 1. The molecule has 1 aromatic carbocycles. The highest BCUT2D eigenvalue weighted by Gasteiger charge is 2.04. The first-order valence-electron chi connectivity index (χ1n) is 5.45. The van der Waals surface area contributed by atoms with Gasteiger partial charge < -0.3 is 4.57 Å². The van der Waals surface area contributed by atoms with Crippen molar-refractivity contribution in [3.63, 3.8) is 0 Å². The van der Waals surface area contributed by atoms with Crippen LogP contribution in [0.25, 0.3) is 10.9 Å². The predicted octanol–water partition coefficient (Wildman–Crippen LogP) is 3.19. The lowest BCUT2D eigenvalue weighted by atomic mass is 10.2. The van der Waals surface area contributed by atoms with E-state index < -0.39 is 0 Å². The summed E-state index contributed by atoms with van der Waals surface area (Å²) in [7, 11) is 1.94. The Bertz CT molecular complexity index is 666. The number of aromatic nitrogens is 3. The summed E-state index contributed by atoms with van der Waals surface area (Å²) < 4.78 is 5.14. The first-order chi connectivity index (χ1) is 8.22. The Kier molecular flexibility index (Phi) is 2.52. The predicted molar refractivity (Wildman–Crippen MR) is 71.9 cm³/mol. The van der Waals surface area contributed by atoms with E-state index in [1.807, 2.05) is 24.0 Å². The molecule has 17 heavy (non-hydrogen) atoms. The van der Waals surface area contributed by atoms with Gasteiger partial charge in [-0.25, -0.2) is 0 Å². The third-order valence-electron chi connectivity index (χ3n) is 2.84. The molecule has 2 heterocycles. The highest BCUT2D eigenvalue weighted by molar-refractivity contribution is 9.10. The second-order valence-corrected chi connectivity index (χ2v) is 5.04. The molecule has 3 rings (SSSR count). The van der Waals surface area contributed by atoms with Gasteiger partial charge in [0.15, 0.2) is 0 Å². The number of hydrogen-bond acceptors (Lipinski definition) is 1. The normalized spacial score (nSPS) is 11.2. The molecule has 86 valence electrons. The van der Waals surface area contributed by atoms with E-state index in [0.717, 1.165) is 16.7 Å². The van der Waals surface area contributed by atoms with Crippen molar-refractivity contribution in [2.24, 2.45) is 7.05 Å². The van der Waals surface area contributed by atoms with Crippen LogP contribution in [0.3, 0.4) is 0 Å². The largest absolute Gasteiger partial charge is 0.341 e. The Labute approximate surface area is 108 Å². The minimum Gasteiger partial charge on any atom is -0.341 e. The average Bonchev–Trinajstić information content (AvgIpc) is 2.87. The molecule has 0 aliphatic heterocycles. The molecule has 0 fully saturated rings. The van der Waals surface area contributed by atoms with E-state index in [1.54, 1.807) is 0 Å². The molecule has 2 aromatic heterocycles. The van der Waals surface area contributed by atoms with Crippen molar-refractivity contribution in [3.05, 3.63) is 52.9 Å². The summed E-state index contributed by atoms with van der Waals surface area (Å²) in [6.07, 6.45) is 4.07. The Morgan fingerprint density at radius 2 is 2.06 bits per heavy atom. The fraction of sp³-hybridized carbons (Fsp3) is 0.154. The summed E-state index contributed by atoms with van der Waals surface area (Å²) in [6, 6.07) is 10.5. The smallest absolute Gasteiger partial charge is 0.0821 e. The zero-order valence-corrected chi connectivity index (χ0v) is 11.1. The van der Waals surface area contributed by atoms with Crippen LogP contribution in [-0.4, -0.2) is 14.3 Å². The third kappa shape index (κ3) is 2.00. The van der Waals surface area contributed by atoms with E-state index in [-0.39, 0.29) is 0 Å². The molecule has 0 spiro atoms. The van der Waals surface area contributed by atoms with E-state index in [9.17, 15) is 0 Å². The van der Waals surface area contributed by atoms with E-state index in [0.29, 0.717) is 0 Å². The molecule has 0 aliphatic rings. The highest BCUT2D eigenvalue weighted by atomic mass is 79.9. The molecule has 0 saturated carbocycles. The zero-order valence-electron chi connectivity index (χ0n) is 9.47. The quantitative estimate of drug-likeness (QED) is 0.710. The summed E-state index contributed by atoms with van der Waals surface area (Å²) in [5.41, 5.74) is 2.30. The second kappa shape index (κ2) is 4.04. The summed E-state index contributed by atoms with van der Waals surface area (Å²) in [5, 5.41) is 5.65. The Morgan fingerprint density at radius 1 is 1.18 bits per heavy atom. The monoisotopic (exact) mass is 289 g/mol. The van der Waals surface area contributed by atoms with Gasteiger partial charge in [0, 0.05) is 29.4 Å². The van der Waals surface area contributed by atoms with Crippen molar-refractivity contribution >= 4 is 26.8 Å². The van der Waals surface area contributed by atoms with Crippen LogP contribution in [0, 0.1) is 0 Å². The zero-order chi connectivity index (χ0) is 11.8. The van der Waals surface area contributed by atoms with Gasteiger partial charge in [-0.2, -0.15) is 5.10 Å². The van der Waals surface area contributed by atoms with Crippen LogP contribution >= 0.6 is 15.9 Å². The fourth-order valence-corrected chi connectivity index (χ4v) is 2.37. The lowest BCUT2D eigenvalue weighted by Crippen LogP contribution is -1.99. The summed E-state index contributed by atoms with van der Waals surface area (Å²) in [5.74, 6) is 0. The van der Waals surface area contributed by atoms with Gasteiger partial charge in [0.2, 0.25) is 0 Å². The molecule has 0 N–H and O–H groups in total. The molecule has 3 aromatic rings. The number of rotatable bonds is 2. The number of hydrogen-bond donors (Lipinski definition) is 0. The number of halogens is 1. The van der Waals surface area contributed by atoms with E-state index in [4.69, 9.17) is 0 Å². The van der Waals surface area contributed by atoms with E-state index >= 15 is 0 Å². The van der Waals surface area contributed by atoms with Crippen LogP contribution in [0.15, 0.2) is 47.2 Å². The van der Waals surface area contributed by atoms with Crippen molar-refractivity contribution < 1.29 is 0 Å². The first kappa shape index (κ1) is 10.6. The molecule has 3 nitrogen and oxygen atoms in total. The second-order valence-electron chi connectivity index (χ2n) is 4.13. The van der Waals surface area contributed by atoms with Gasteiger partial charge in [0.05, 0.1) is 12.2 Å². The van der Waals surface area contributed by atoms with Crippen molar-refractivity contribution in [2.45, 2.75) is 6.54 Å². The summed E-state index contributed by atoms with van der Waals surface area (Å²) >= 11 is 3.51. The maximum atomic E-state index is 4.40. The van der Waals surface area contributed by atoms with Gasteiger partial charge in [-0.1, -0.05) is 22.0 Å². The van der Waals surface area contributed by atoms with Crippen LogP contribution in [0.4, 0.5) is 0 Å². The molecule has 0 amide bonds. The lowest BCUT2D eigenvalue weighted by molar-refractivity contribution is 0.716. The molecular weight excluding hydrogens is 278 g/mol. The topological polar surface area (TPSA) is 22.8 Å². The third-order valence-corrected chi connectivity index (χ3v) is 3.33. The number of fused-ring (bicyclic) bond motifs is 1. The van der Waals surface area contributed by atoms with Gasteiger partial charge in [0.25, 0.3) is 0 Å². The van der Waals surface area contributed by atoms with Gasteiger partial charge in [-0.15, -0.1) is 0 Å². The SMILES string of the molecule is Cn1ccc(Cn2ccc3ccc(Br)cc32)n1.